The normalized spacial score (nSPS) is 11.6. The second-order valence-corrected chi connectivity index (χ2v) is 5.70. The topological polar surface area (TPSA) is 31.4 Å². The Morgan fingerprint density at radius 1 is 1.08 bits per heavy atom. The number of methoxy groups -OCH3 is 2. The van der Waals surface area contributed by atoms with Crippen LogP contribution in [0.15, 0.2) is 0 Å². The average Bonchev–Trinajstić information content (AvgIpc) is 2.55. The van der Waals surface area contributed by atoms with Crippen molar-refractivity contribution < 1.29 is 31.4 Å². The van der Waals surface area contributed by atoms with E-state index in [0.717, 1.165) is 14.2 Å². The highest BCUT2D eigenvalue weighted by Gasteiger charge is 2.41. The van der Waals surface area contributed by atoms with Crippen molar-refractivity contribution in [1.29, 1.82) is 0 Å². The molecule has 1 rings (SSSR count). The van der Waals surface area contributed by atoms with E-state index in [9.17, 15) is 22.0 Å². The molecule has 0 N–H and O–H groups in total. The molecule has 0 saturated carbocycles. The van der Waals surface area contributed by atoms with Gasteiger partial charge in [0.1, 0.15) is 5.69 Å². The molecule has 0 bridgehead atoms. The number of hydrogen-bond acceptors (Lipinski definition) is 5. The van der Waals surface area contributed by atoms with E-state index in [1.807, 2.05) is 6.92 Å². The molecule has 140 valence electrons. The number of thiocarbonyl (C=S) groups is 2. The van der Waals surface area contributed by atoms with Crippen LogP contribution in [0.3, 0.4) is 0 Å². The predicted octanol–water partition coefficient (Wildman–Crippen LogP) is 5.02. The lowest BCUT2D eigenvalue weighted by Crippen LogP contribution is -2.24. The van der Waals surface area contributed by atoms with Crippen molar-refractivity contribution in [3.8, 4) is 0 Å². The maximum Gasteiger partial charge on any atom is 0.434 e. The van der Waals surface area contributed by atoms with Crippen molar-refractivity contribution in [2.24, 2.45) is 0 Å². The number of halogens is 5. The summed E-state index contributed by atoms with van der Waals surface area (Å²) in [6.45, 7) is 1.81. The summed E-state index contributed by atoms with van der Waals surface area (Å²) in [5, 5.41) is -0.866. The first-order chi connectivity index (χ1) is 11.6. The summed E-state index contributed by atoms with van der Waals surface area (Å²) >= 11 is 9.80. The van der Waals surface area contributed by atoms with Gasteiger partial charge >= 0.3 is 6.18 Å². The standard InChI is InChI=1S/C15H16F5NO2S2/c1-4-5-6-7-8(13(24)22-2)10(12(16)17)21-11(15(18,19)20)9(7)14(25)23-3/h12H,4-6H2,1-3H3. The lowest BCUT2D eigenvalue weighted by molar-refractivity contribution is -0.141. The van der Waals surface area contributed by atoms with E-state index in [2.05, 4.69) is 4.98 Å². The number of nitrogens with zero attached hydrogens (tertiary/aromatic N) is 1. The summed E-state index contributed by atoms with van der Waals surface area (Å²) in [7, 11) is 2.24. The van der Waals surface area contributed by atoms with E-state index in [1.54, 1.807) is 0 Å². The van der Waals surface area contributed by atoms with Crippen LogP contribution in [0.4, 0.5) is 22.0 Å². The third-order valence-corrected chi connectivity index (χ3v) is 4.10. The minimum absolute atomic E-state index is 0.0412. The van der Waals surface area contributed by atoms with Gasteiger partial charge in [-0.25, -0.2) is 13.8 Å². The van der Waals surface area contributed by atoms with Gasteiger partial charge < -0.3 is 9.47 Å². The fourth-order valence-corrected chi connectivity index (χ4v) is 2.72. The van der Waals surface area contributed by atoms with Crippen LogP contribution < -0.4 is 0 Å². The number of pyridine rings is 1. The van der Waals surface area contributed by atoms with E-state index < -0.39 is 34.6 Å². The molecule has 0 fully saturated rings. The fraction of sp³-hybridized carbons (Fsp3) is 0.533. The Hall–Kier alpha value is -1.42. The first-order valence-corrected chi connectivity index (χ1v) is 8.00. The van der Waals surface area contributed by atoms with Gasteiger partial charge in [-0.05, 0) is 42.8 Å². The monoisotopic (exact) mass is 401 g/mol. The van der Waals surface area contributed by atoms with E-state index in [0.29, 0.717) is 12.8 Å². The second kappa shape index (κ2) is 8.79. The molecule has 0 aromatic carbocycles. The van der Waals surface area contributed by atoms with Crippen LogP contribution in [-0.4, -0.2) is 29.3 Å². The Balaban J connectivity index is 3.98. The molecular formula is C15H16F5NO2S2. The SMILES string of the molecule is CCCCc1c(C(=S)OC)c(C(F)F)nc(C(F)(F)F)c1C(=S)OC. The maximum atomic E-state index is 13.4. The van der Waals surface area contributed by atoms with E-state index in [4.69, 9.17) is 33.9 Å². The lowest BCUT2D eigenvalue weighted by atomic mass is 9.94. The number of ether oxygens (including phenoxy) is 2. The van der Waals surface area contributed by atoms with Gasteiger partial charge in [0.05, 0.1) is 25.3 Å². The van der Waals surface area contributed by atoms with Gasteiger partial charge in [-0.1, -0.05) is 13.3 Å². The average molecular weight is 401 g/mol. The van der Waals surface area contributed by atoms with Crippen LogP contribution in [-0.2, 0) is 22.1 Å². The lowest BCUT2D eigenvalue weighted by Gasteiger charge is -2.22. The molecule has 10 heteroatoms. The number of alkyl halides is 5. The van der Waals surface area contributed by atoms with Gasteiger partial charge in [0.2, 0.25) is 0 Å². The number of rotatable bonds is 6. The fourth-order valence-electron chi connectivity index (χ4n) is 2.27. The minimum Gasteiger partial charge on any atom is -0.486 e. The summed E-state index contributed by atoms with van der Waals surface area (Å²) in [6, 6.07) is 0. The van der Waals surface area contributed by atoms with Crippen molar-refractivity contribution in [1.82, 2.24) is 4.98 Å². The Labute approximate surface area is 152 Å². The molecule has 1 aromatic heterocycles. The molecule has 0 radical (unpaired) electrons. The zero-order chi connectivity index (χ0) is 19.4. The van der Waals surface area contributed by atoms with Crippen LogP contribution in [0.25, 0.3) is 0 Å². The van der Waals surface area contributed by atoms with Crippen LogP contribution in [0.2, 0.25) is 0 Å². The van der Waals surface area contributed by atoms with Gasteiger partial charge in [0, 0.05) is 0 Å². The third kappa shape index (κ3) is 4.81. The first-order valence-electron chi connectivity index (χ1n) is 7.18. The van der Waals surface area contributed by atoms with E-state index in [-0.39, 0.29) is 22.6 Å². The minimum atomic E-state index is -4.99. The quantitative estimate of drug-likeness (QED) is 0.493. The van der Waals surface area contributed by atoms with Crippen molar-refractivity contribution >= 4 is 34.5 Å². The Bertz CT molecular complexity index is 662. The molecule has 0 amide bonds. The molecule has 0 spiro atoms. The Morgan fingerprint density at radius 3 is 2.00 bits per heavy atom. The highest BCUT2D eigenvalue weighted by molar-refractivity contribution is 7.80. The van der Waals surface area contributed by atoms with Gasteiger partial charge in [0.15, 0.2) is 15.8 Å². The van der Waals surface area contributed by atoms with Crippen LogP contribution in [0.1, 0.15) is 54.3 Å². The van der Waals surface area contributed by atoms with E-state index >= 15 is 0 Å². The second-order valence-electron chi connectivity index (χ2n) is 4.96. The van der Waals surface area contributed by atoms with Crippen molar-refractivity contribution in [2.75, 3.05) is 14.2 Å². The number of unbranched alkanes of at least 4 members (excludes halogenated alkanes) is 1. The molecule has 0 atom stereocenters. The van der Waals surface area contributed by atoms with Gasteiger partial charge in [0.25, 0.3) is 6.43 Å². The molecule has 0 aliphatic heterocycles. The highest BCUT2D eigenvalue weighted by atomic mass is 32.1. The van der Waals surface area contributed by atoms with Crippen LogP contribution >= 0.6 is 24.4 Å². The third-order valence-electron chi connectivity index (χ3n) is 3.36. The predicted molar refractivity (Wildman–Crippen MR) is 90.2 cm³/mol. The summed E-state index contributed by atoms with van der Waals surface area (Å²) in [5.74, 6) is 0. The smallest absolute Gasteiger partial charge is 0.434 e. The van der Waals surface area contributed by atoms with Crippen LogP contribution in [0, 0.1) is 0 Å². The number of hydrogen-bond donors (Lipinski definition) is 0. The molecule has 0 aliphatic rings. The zero-order valence-electron chi connectivity index (χ0n) is 13.7. The summed E-state index contributed by atoms with van der Waals surface area (Å²) in [6.07, 6.45) is -7.17. The molecule has 1 aromatic rings. The molecular weight excluding hydrogens is 385 g/mol. The van der Waals surface area contributed by atoms with Crippen LogP contribution in [0.5, 0.6) is 0 Å². The van der Waals surface area contributed by atoms with Gasteiger partial charge in [-0.3, -0.25) is 0 Å². The summed E-state index contributed by atoms with van der Waals surface area (Å²) in [5.41, 5.74) is -3.55. The van der Waals surface area contributed by atoms with E-state index in [1.165, 1.54) is 0 Å². The van der Waals surface area contributed by atoms with Gasteiger partial charge in [-0.2, -0.15) is 13.2 Å². The summed E-state index contributed by atoms with van der Waals surface area (Å²) in [4.78, 5) is 3.14. The van der Waals surface area contributed by atoms with Gasteiger partial charge in [-0.15, -0.1) is 0 Å². The largest absolute Gasteiger partial charge is 0.486 e. The van der Waals surface area contributed by atoms with Crippen molar-refractivity contribution in [3.63, 3.8) is 0 Å². The number of aromatic nitrogens is 1. The molecule has 3 nitrogen and oxygen atoms in total. The molecule has 0 saturated heterocycles. The highest BCUT2D eigenvalue weighted by Crippen LogP contribution is 2.38. The van der Waals surface area contributed by atoms with Crippen molar-refractivity contribution in [2.45, 2.75) is 38.8 Å². The Kier molecular flexibility index (Phi) is 7.61. The van der Waals surface area contributed by atoms with Crippen molar-refractivity contribution in [3.05, 3.63) is 28.1 Å². The molecule has 0 aliphatic carbocycles. The molecule has 0 unspecified atom stereocenters. The first kappa shape index (κ1) is 21.6. The maximum absolute atomic E-state index is 13.4. The Morgan fingerprint density at radius 2 is 1.60 bits per heavy atom. The summed E-state index contributed by atoms with van der Waals surface area (Å²) < 4.78 is 76.7. The molecule has 1 heterocycles. The molecule has 25 heavy (non-hydrogen) atoms. The zero-order valence-corrected chi connectivity index (χ0v) is 15.3.